The lowest BCUT2D eigenvalue weighted by Gasteiger charge is -2.09. The summed E-state index contributed by atoms with van der Waals surface area (Å²) in [6.07, 6.45) is -3.14. The van der Waals surface area contributed by atoms with Crippen LogP contribution in [0.2, 0.25) is 5.02 Å². The molecule has 98 valence electrons. The van der Waals surface area contributed by atoms with Crippen molar-refractivity contribution < 1.29 is 13.2 Å². The summed E-state index contributed by atoms with van der Waals surface area (Å²) in [5.41, 5.74) is 0.0301. The van der Waals surface area contributed by atoms with Crippen LogP contribution in [0.3, 0.4) is 0 Å². The Morgan fingerprint density at radius 3 is 2.26 bits per heavy atom. The molecule has 0 heterocycles. The van der Waals surface area contributed by atoms with Crippen molar-refractivity contribution in [2.24, 2.45) is 4.99 Å². The van der Waals surface area contributed by atoms with Crippen molar-refractivity contribution in [3.8, 4) is 0 Å². The Morgan fingerprint density at radius 2 is 1.63 bits per heavy atom. The Hall–Kier alpha value is -1.81. The molecule has 0 aliphatic carbocycles. The van der Waals surface area contributed by atoms with Gasteiger partial charge in [-0.15, -0.1) is 0 Å². The van der Waals surface area contributed by atoms with Gasteiger partial charge >= 0.3 is 6.18 Å². The zero-order chi connectivity index (χ0) is 13.9. The molecule has 0 spiro atoms. The van der Waals surface area contributed by atoms with E-state index in [4.69, 9.17) is 11.6 Å². The number of benzene rings is 2. The molecule has 19 heavy (non-hydrogen) atoms. The van der Waals surface area contributed by atoms with Crippen molar-refractivity contribution in [2.75, 3.05) is 0 Å². The molecule has 0 amide bonds. The Morgan fingerprint density at radius 1 is 0.947 bits per heavy atom. The van der Waals surface area contributed by atoms with E-state index in [2.05, 4.69) is 4.99 Å². The highest BCUT2D eigenvalue weighted by Gasteiger charge is 2.33. The third-order valence-corrected chi connectivity index (χ3v) is 2.86. The molecule has 0 fully saturated rings. The summed E-state index contributed by atoms with van der Waals surface area (Å²) in [6.45, 7) is 0. The van der Waals surface area contributed by atoms with E-state index in [1.807, 2.05) is 6.07 Å². The molecular formula is C14H9ClF3N. The minimum absolute atomic E-state index is 0.236. The molecule has 0 radical (unpaired) electrons. The molecule has 0 aliphatic rings. The van der Waals surface area contributed by atoms with Gasteiger partial charge in [0.05, 0.1) is 16.3 Å². The van der Waals surface area contributed by atoms with Crippen LogP contribution in [0.5, 0.6) is 0 Å². The maximum absolute atomic E-state index is 12.7. The Bertz CT molecular complexity index is 591. The average Bonchev–Trinajstić information content (AvgIpc) is 2.37. The highest BCUT2D eigenvalue weighted by atomic mass is 35.5. The van der Waals surface area contributed by atoms with Gasteiger partial charge in [-0.25, -0.2) is 0 Å². The summed E-state index contributed by atoms with van der Waals surface area (Å²) in [4.78, 5) is 4.08. The standard InChI is InChI=1S/C14H9ClF3N/c15-13-10(5-4-8-12(13)14(16,17)18)9-19-11-6-2-1-3-7-11/h1-9H/b19-9-. The lowest BCUT2D eigenvalue weighted by atomic mass is 10.1. The van der Waals surface area contributed by atoms with Crippen LogP contribution in [-0.4, -0.2) is 6.21 Å². The molecule has 2 aromatic rings. The average molecular weight is 284 g/mol. The van der Waals surface area contributed by atoms with E-state index in [1.54, 1.807) is 24.3 Å². The molecule has 5 heteroatoms. The summed E-state index contributed by atoms with van der Waals surface area (Å²) in [5, 5.41) is -0.338. The fourth-order valence-corrected chi connectivity index (χ4v) is 1.81. The SMILES string of the molecule is FC(F)(F)c1cccc(/C=N\c2ccccc2)c1Cl. The van der Waals surface area contributed by atoms with Crippen LogP contribution < -0.4 is 0 Å². The molecule has 0 saturated carbocycles. The number of hydrogen-bond acceptors (Lipinski definition) is 1. The first-order valence-electron chi connectivity index (χ1n) is 5.43. The first-order valence-corrected chi connectivity index (χ1v) is 5.81. The maximum atomic E-state index is 12.7. The Labute approximate surface area is 113 Å². The molecule has 0 N–H and O–H groups in total. The second kappa shape index (κ2) is 5.45. The van der Waals surface area contributed by atoms with Crippen molar-refractivity contribution in [3.05, 3.63) is 64.7 Å². The highest BCUT2D eigenvalue weighted by molar-refractivity contribution is 6.34. The van der Waals surface area contributed by atoms with E-state index in [9.17, 15) is 13.2 Å². The first-order chi connectivity index (χ1) is 8.98. The third kappa shape index (κ3) is 3.35. The normalized spacial score (nSPS) is 12.0. The zero-order valence-corrected chi connectivity index (χ0v) is 10.4. The van der Waals surface area contributed by atoms with E-state index in [1.165, 1.54) is 18.3 Å². The van der Waals surface area contributed by atoms with E-state index in [0.717, 1.165) is 6.07 Å². The molecule has 2 rings (SSSR count). The van der Waals surface area contributed by atoms with Gasteiger partial charge in [-0.3, -0.25) is 4.99 Å². The monoisotopic (exact) mass is 283 g/mol. The molecule has 2 aromatic carbocycles. The predicted octanol–water partition coefficient (Wildman–Crippen LogP) is 5.11. The molecule has 0 saturated heterocycles. The van der Waals surface area contributed by atoms with Crippen molar-refractivity contribution >= 4 is 23.5 Å². The summed E-state index contributed by atoms with van der Waals surface area (Å²) < 4.78 is 38.0. The quantitative estimate of drug-likeness (QED) is 0.679. The topological polar surface area (TPSA) is 12.4 Å². The van der Waals surface area contributed by atoms with Crippen LogP contribution >= 0.6 is 11.6 Å². The van der Waals surface area contributed by atoms with Gasteiger partial charge in [0.25, 0.3) is 0 Å². The summed E-state index contributed by atoms with van der Waals surface area (Å²) in [6, 6.07) is 12.7. The second-order valence-corrected chi connectivity index (χ2v) is 4.18. The van der Waals surface area contributed by atoms with Crippen molar-refractivity contribution in [3.63, 3.8) is 0 Å². The minimum Gasteiger partial charge on any atom is -0.256 e. The van der Waals surface area contributed by atoms with Gasteiger partial charge in [-0.05, 0) is 18.2 Å². The first kappa shape index (κ1) is 13.6. The number of hydrogen-bond donors (Lipinski definition) is 0. The molecule has 0 unspecified atom stereocenters. The number of nitrogens with zero attached hydrogens (tertiary/aromatic N) is 1. The largest absolute Gasteiger partial charge is 0.417 e. The summed E-state index contributed by atoms with van der Waals surface area (Å²) >= 11 is 5.75. The summed E-state index contributed by atoms with van der Waals surface area (Å²) in [7, 11) is 0. The number of rotatable bonds is 2. The fourth-order valence-electron chi connectivity index (χ4n) is 1.53. The highest BCUT2D eigenvalue weighted by Crippen LogP contribution is 2.35. The van der Waals surface area contributed by atoms with E-state index < -0.39 is 11.7 Å². The van der Waals surface area contributed by atoms with Crippen LogP contribution in [0, 0.1) is 0 Å². The lowest BCUT2D eigenvalue weighted by Crippen LogP contribution is -2.06. The van der Waals surface area contributed by atoms with Crippen LogP contribution in [0.1, 0.15) is 11.1 Å². The fraction of sp³-hybridized carbons (Fsp3) is 0.0714. The van der Waals surface area contributed by atoms with Crippen LogP contribution in [-0.2, 0) is 6.18 Å². The molecule has 1 nitrogen and oxygen atoms in total. The van der Waals surface area contributed by atoms with Gasteiger partial charge in [-0.2, -0.15) is 13.2 Å². The number of halogens is 4. The van der Waals surface area contributed by atoms with E-state index >= 15 is 0 Å². The lowest BCUT2D eigenvalue weighted by molar-refractivity contribution is -0.137. The Kier molecular flexibility index (Phi) is 3.90. The van der Waals surface area contributed by atoms with Gasteiger partial charge in [0.2, 0.25) is 0 Å². The van der Waals surface area contributed by atoms with Gasteiger partial charge in [0.15, 0.2) is 0 Å². The Balaban J connectivity index is 2.34. The predicted molar refractivity (Wildman–Crippen MR) is 70.2 cm³/mol. The van der Waals surface area contributed by atoms with Gasteiger partial charge in [-0.1, -0.05) is 41.9 Å². The van der Waals surface area contributed by atoms with Crippen molar-refractivity contribution in [2.45, 2.75) is 6.18 Å². The minimum atomic E-state index is -4.46. The molecule has 0 aliphatic heterocycles. The number of para-hydroxylation sites is 1. The molecular weight excluding hydrogens is 275 g/mol. The van der Waals surface area contributed by atoms with E-state index in [-0.39, 0.29) is 10.6 Å². The number of aliphatic imine (C=N–C) groups is 1. The van der Waals surface area contributed by atoms with Crippen LogP contribution in [0.4, 0.5) is 18.9 Å². The van der Waals surface area contributed by atoms with Gasteiger partial charge in [0.1, 0.15) is 0 Å². The van der Waals surface area contributed by atoms with Crippen molar-refractivity contribution in [1.29, 1.82) is 0 Å². The molecule has 0 atom stereocenters. The molecule has 0 aromatic heterocycles. The second-order valence-electron chi connectivity index (χ2n) is 3.80. The van der Waals surface area contributed by atoms with Crippen molar-refractivity contribution in [1.82, 2.24) is 0 Å². The maximum Gasteiger partial charge on any atom is 0.417 e. The smallest absolute Gasteiger partial charge is 0.256 e. The van der Waals surface area contributed by atoms with Gasteiger partial charge in [0, 0.05) is 11.8 Å². The molecule has 0 bridgehead atoms. The summed E-state index contributed by atoms with van der Waals surface area (Å²) in [5.74, 6) is 0. The third-order valence-electron chi connectivity index (χ3n) is 2.44. The number of alkyl halides is 3. The van der Waals surface area contributed by atoms with Crippen LogP contribution in [0.25, 0.3) is 0 Å². The van der Waals surface area contributed by atoms with Crippen LogP contribution in [0.15, 0.2) is 53.5 Å². The zero-order valence-electron chi connectivity index (χ0n) is 9.66. The van der Waals surface area contributed by atoms with Gasteiger partial charge < -0.3 is 0 Å². The van der Waals surface area contributed by atoms with E-state index in [0.29, 0.717) is 5.69 Å².